The highest BCUT2D eigenvalue weighted by atomic mass is 14.4. The summed E-state index contributed by atoms with van der Waals surface area (Å²) in [5.74, 6) is 0. The molecule has 0 unspecified atom stereocenters. The molecule has 0 amide bonds. The molecule has 0 bridgehead atoms. The summed E-state index contributed by atoms with van der Waals surface area (Å²) < 4.78 is 0. The van der Waals surface area contributed by atoms with Crippen LogP contribution in [0.4, 0.5) is 0 Å². The topological polar surface area (TPSA) is 23.9 Å². The van der Waals surface area contributed by atoms with E-state index < -0.39 is 0 Å². The van der Waals surface area contributed by atoms with Gasteiger partial charge in [-0.05, 0) is 83.8 Å². The second kappa shape index (κ2) is 10.1. The van der Waals surface area contributed by atoms with Gasteiger partial charge in [0.1, 0.15) is 0 Å². The fourth-order valence-corrected chi connectivity index (χ4v) is 5.72. The standard InChI is InChI=1S/C39H33N/c1-5-6-18-36(40)27-21-19-26-20-22-29(24-30(26)23-27)38-34-16-9-7-14-32(34)37(33-15-8-10-17-35(33)38)28-12-11-13-31(25-28)39(2,3)4/h5-25,40H,1H2,2-4H3/b18-6-,40-36?. The molecule has 6 aromatic rings. The SMILES string of the molecule is C=C/C=C\C(=N)c1ccc2ccc(-c3c4ccccc4c(-c4cccc(C(C)(C)C)c4)c4ccccc34)cc2c1. The van der Waals surface area contributed by atoms with Gasteiger partial charge >= 0.3 is 0 Å². The van der Waals surface area contributed by atoms with Crippen LogP contribution in [-0.2, 0) is 5.41 Å². The Hall–Kier alpha value is -4.75. The molecule has 0 aromatic heterocycles. The van der Waals surface area contributed by atoms with Gasteiger partial charge < -0.3 is 5.41 Å². The highest BCUT2D eigenvalue weighted by Crippen LogP contribution is 2.44. The van der Waals surface area contributed by atoms with Gasteiger partial charge in [-0.3, -0.25) is 0 Å². The van der Waals surface area contributed by atoms with Crippen molar-refractivity contribution in [3.63, 3.8) is 0 Å². The lowest BCUT2D eigenvalue weighted by Gasteiger charge is -2.22. The van der Waals surface area contributed by atoms with E-state index in [1.165, 1.54) is 49.4 Å². The number of nitrogens with one attached hydrogen (secondary N) is 1. The molecule has 194 valence electrons. The molecule has 0 spiro atoms. The molecular weight excluding hydrogens is 482 g/mol. The van der Waals surface area contributed by atoms with E-state index in [1.807, 2.05) is 6.07 Å². The highest BCUT2D eigenvalue weighted by molar-refractivity contribution is 6.21. The Morgan fingerprint density at radius 3 is 1.77 bits per heavy atom. The van der Waals surface area contributed by atoms with Crippen LogP contribution in [0.3, 0.4) is 0 Å². The Kier molecular flexibility index (Phi) is 6.44. The number of hydrogen-bond acceptors (Lipinski definition) is 1. The lowest BCUT2D eigenvalue weighted by molar-refractivity contribution is 0.590. The van der Waals surface area contributed by atoms with Crippen molar-refractivity contribution in [2.24, 2.45) is 0 Å². The monoisotopic (exact) mass is 515 g/mol. The van der Waals surface area contributed by atoms with Crippen LogP contribution in [0, 0.1) is 5.41 Å². The van der Waals surface area contributed by atoms with Gasteiger partial charge in [0, 0.05) is 5.56 Å². The molecule has 0 radical (unpaired) electrons. The third-order valence-electron chi connectivity index (χ3n) is 7.79. The quantitative estimate of drug-likeness (QED) is 0.134. The summed E-state index contributed by atoms with van der Waals surface area (Å²) in [6, 6.07) is 39.6. The third-order valence-corrected chi connectivity index (χ3v) is 7.79. The zero-order valence-electron chi connectivity index (χ0n) is 23.3. The molecule has 0 saturated carbocycles. The van der Waals surface area contributed by atoms with E-state index in [4.69, 9.17) is 5.41 Å². The molecule has 1 heteroatoms. The molecule has 1 N–H and O–H groups in total. The normalized spacial score (nSPS) is 12.0. The molecule has 40 heavy (non-hydrogen) atoms. The van der Waals surface area contributed by atoms with Gasteiger partial charge in [0.25, 0.3) is 0 Å². The lowest BCUT2D eigenvalue weighted by Crippen LogP contribution is -2.10. The van der Waals surface area contributed by atoms with E-state index in [-0.39, 0.29) is 5.41 Å². The van der Waals surface area contributed by atoms with Gasteiger partial charge in [-0.1, -0.05) is 137 Å². The smallest absolute Gasteiger partial charge is 0.0612 e. The van der Waals surface area contributed by atoms with Crippen LogP contribution in [-0.4, -0.2) is 5.71 Å². The minimum atomic E-state index is 0.0727. The molecular formula is C39H33N. The first-order chi connectivity index (χ1) is 19.3. The molecule has 6 rings (SSSR count). The van der Waals surface area contributed by atoms with Gasteiger partial charge in [-0.15, -0.1) is 0 Å². The van der Waals surface area contributed by atoms with Crippen LogP contribution in [0.15, 0.2) is 134 Å². The Morgan fingerprint density at radius 1 is 0.625 bits per heavy atom. The molecule has 0 aliphatic carbocycles. The van der Waals surface area contributed by atoms with Crippen molar-refractivity contribution in [3.8, 4) is 22.3 Å². The summed E-state index contributed by atoms with van der Waals surface area (Å²) in [7, 11) is 0. The van der Waals surface area contributed by atoms with E-state index in [0.29, 0.717) is 5.71 Å². The second-order valence-electron chi connectivity index (χ2n) is 11.5. The maximum atomic E-state index is 8.47. The van der Waals surface area contributed by atoms with E-state index >= 15 is 0 Å². The maximum Gasteiger partial charge on any atom is 0.0612 e. The zero-order chi connectivity index (χ0) is 27.9. The average Bonchev–Trinajstić information content (AvgIpc) is 2.97. The van der Waals surface area contributed by atoms with Crippen LogP contribution in [0.2, 0.25) is 0 Å². The predicted octanol–water partition coefficient (Wildman–Crippen LogP) is 10.9. The molecule has 0 aliphatic rings. The summed E-state index contributed by atoms with van der Waals surface area (Å²) in [6.45, 7) is 10.5. The summed E-state index contributed by atoms with van der Waals surface area (Å²) in [5, 5.41) is 15.8. The first-order valence-electron chi connectivity index (χ1n) is 13.8. The van der Waals surface area contributed by atoms with E-state index in [0.717, 1.165) is 16.3 Å². The number of rotatable bonds is 5. The molecule has 0 saturated heterocycles. The number of benzene rings is 6. The van der Waals surface area contributed by atoms with Crippen molar-refractivity contribution in [2.45, 2.75) is 26.2 Å². The van der Waals surface area contributed by atoms with E-state index in [9.17, 15) is 0 Å². The van der Waals surface area contributed by atoms with E-state index in [1.54, 1.807) is 18.2 Å². The minimum absolute atomic E-state index is 0.0727. The van der Waals surface area contributed by atoms with Gasteiger partial charge in [-0.25, -0.2) is 0 Å². The summed E-state index contributed by atoms with van der Waals surface area (Å²) in [5.41, 5.74) is 7.74. The zero-order valence-corrected chi connectivity index (χ0v) is 23.3. The van der Waals surface area contributed by atoms with Gasteiger partial charge in [-0.2, -0.15) is 0 Å². The van der Waals surface area contributed by atoms with Crippen molar-refractivity contribution >= 4 is 38.0 Å². The first kappa shape index (κ1) is 25.5. The van der Waals surface area contributed by atoms with Crippen LogP contribution in [0.1, 0.15) is 31.9 Å². The Morgan fingerprint density at radius 2 is 1.20 bits per heavy atom. The van der Waals surface area contributed by atoms with E-state index in [2.05, 4.69) is 130 Å². The van der Waals surface area contributed by atoms with Crippen molar-refractivity contribution < 1.29 is 0 Å². The molecule has 0 heterocycles. The Bertz CT molecular complexity index is 1910. The van der Waals surface area contributed by atoms with Gasteiger partial charge in [0.15, 0.2) is 0 Å². The van der Waals surface area contributed by atoms with Crippen LogP contribution >= 0.6 is 0 Å². The molecule has 0 fully saturated rings. The molecule has 6 aromatic carbocycles. The fourth-order valence-electron chi connectivity index (χ4n) is 5.72. The second-order valence-corrected chi connectivity index (χ2v) is 11.5. The first-order valence-corrected chi connectivity index (χ1v) is 13.8. The maximum absolute atomic E-state index is 8.47. The minimum Gasteiger partial charge on any atom is -0.300 e. The van der Waals surface area contributed by atoms with Crippen molar-refractivity contribution in [1.29, 1.82) is 5.41 Å². The lowest BCUT2D eigenvalue weighted by atomic mass is 9.82. The van der Waals surface area contributed by atoms with Crippen LogP contribution in [0.5, 0.6) is 0 Å². The van der Waals surface area contributed by atoms with Crippen LogP contribution in [0.25, 0.3) is 54.6 Å². The molecule has 0 atom stereocenters. The molecule has 1 nitrogen and oxygen atoms in total. The van der Waals surface area contributed by atoms with Crippen molar-refractivity contribution in [2.75, 3.05) is 0 Å². The number of allylic oxidation sites excluding steroid dienone is 3. The largest absolute Gasteiger partial charge is 0.300 e. The fraction of sp³-hybridized carbons (Fsp3) is 0.103. The average molecular weight is 516 g/mol. The summed E-state index contributed by atoms with van der Waals surface area (Å²) in [4.78, 5) is 0. The molecule has 0 aliphatic heterocycles. The number of fused-ring (bicyclic) bond motifs is 3. The Balaban J connectivity index is 1.63. The summed E-state index contributed by atoms with van der Waals surface area (Å²) >= 11 is 0. The van der Waals surface area contributed by atoms with Gasteiger partial charge in [0.2, 0.25) is 0 Å². The summed E-state index contributed by atoms with van der Waals surface area (Å²) in [6.07, 6.45) is 5.29. The third kappa shape index (κ3) is 4.54. The predicted molar refractivity (Wildman–Crippen MR) is 175 cm³/mol. The highest BCUT2D eigenvalue weighted by Gasteiger charge is 2.19. The van der Waals surface area contributed by atoms with Crippen molar-refractivity contribution in [1.82, 2.24) is 0 Å². The van der Waals surface area contributed by atoms with Crippen molar-refractivity contribution in [3.05, 3.63) is 145 Å². The number of hydrogen-bond donors (Lipinski definition) is 1. The van der Waals surface area contributed by atoms with Gasteiger partial charge in [0.05, 0.1) is 5.71 Å². The Labute approximate surface area is 236 Å². The van der Waals surface area contributed by atoms with Crippen LogP contribution < -0.4 is 0 Å².